The van der Waals surface area contributed by atoms with E-state index in [0.29, 0.717) is 0 Å². The van der Waals surface area contributed by atoms with Crippen molar-refractivity contribution >= 4 is 24.5 Å². The van der Waals surface area contributed by atoms with Crippen molar-refractivity contribution in [3.63, 3.8) is 0 Å². The third kappa shape index (κ3) is 5.66. The molecule has 2 aromatic carbocycles. The van der Waals surface area contributed by atoms with Gasteiger partial charge in [-0.1, -0.05) is 79.9 Å². The molecule has 3 rings (SSSR count). The number of benzene rings is 2. The largest absolute Gasteiger partial charge is 0.480 e. The second-order valence-electron chi connectivity index (χ2n) is 8.31. The van der Waals surface area contributed by atoms with Crippen molar-refractivity contribution in [2.75, 3.05) is 0 Å². The number of aryl methyl sites for hydroxylation is 1. The molecule has 0 bridgehead atoms. The summed E-state index contributed by atoms with van der Waals surface area (Å²) >= 11 is 4.89. The number of carboxylic acid groups (broad SMARTS) is 1. The van der Waals surface area contributed by atoms with Crippen LogP contribution in [0.4, 0.5) is 0 Å². The third-order valence-electron chi connectivity index (χ3n) is 6.27. The van der Waals surface area contributed by atoms with E-state index >= 15 is 0 Å². The summed E-state index contributed by atoms with van der Waals surface area (Å²) in [4.78, 5) is 25.3. The second-order valence-corrected chi connectivity index (χ2v) is 8.93. The SMILES string of the molecule is O=C(O)[C@H](Cc1ccccc1)NC(=O)C1(C(S)CCc2ccccc2)CCCCC1. The highest BCUT2D eigenvalue weighted by Crippen LogP contribution is 2.43. The van der Waals surface area contributed by atoms with Gasteiger partial charge in [0.2, 0.25) is 5.91 Å². The van der Waals surface area contributed by atoms with Gasteiger partial charge in [0, 0.05) is 11.7 Å². The van der Waals surface area contributed by atoms with Gasteiger partial charge in [-0.15, -0.1) is 0 Å². The minimum absolute atomic E-state index is 0.107. The molecule has 5 heteroatoms. The van der Waals surface area contributed by atoms with Gasteiger partial charge in [0.05, 0.1) is 5.41 Å². The topological polar surface area (TPSA) is 66.4 Å². The Labute approximate surface area is 184 Å². The maximum atomic E-state index is 13.5. The molecule has 1 aliphatic carbocycles. The van der Waals surface area contributed by atoms with E-state index in [9.17, 15) is 14.7 Å². The van der Waals surface area contributed by atoms with Crippen molar-refractivity contribution in [2.45, 2.75) is 62.7 Å². The number of carbonyl (C=O) groups excluding carboxylic acids is 1. The minimum Gasteiger partial charge on any atom is -0.480 e. The number of hydrogen-bond donors (Lipinski definition) is 3. The lowest BCUT2D eigenvalue weighted by Gasteiger charge is -2.41. The lowest BCUT2D eigenvalue weighted by molar-refractivity contribution is -0.144. The normalized spacial score (nSPS) is 17.6. The summed E-state index contributed by atoms with van der Waals surface area (Å²) in [6, 6.07) is 18.7. The quantitative estimate of drug-likeness (QED) is 0.511. The van der Waals surface area contributed by atoms with Gasteiger partial charge in [0.1, 0.15) is 6.04 Å². The van der Waals surface area contributed by atoms with E-state index in [1.807, 2.05) is 48.5 Å². The van der Waals surface area contributed by atoms with Gasteiger partial charge in [-0.05, 0) is 36.8 Å². The molecule has 1 aliphatic rings. The molecule has 0 heterocycles. The molecule has 0 spiro atoms. The van der Waals surface area contributed by atoms with Gasteiger partial charge in [0.25, 0.3) is 0 Å². The standard InChI is InChI=1S/C25H31NO3S/c27-23(28)21(18-20-12-6-2-7-13-20)26-24(29)25(16-8-3-9-17-25)22(30)15-14-19-10-4-1-5-11-19/h1-2,4-7,10-13,21-22,30H,3,8-9,14-18H2,(H,26,29)(H,27,28)/t21-,22?/m0/s1. The van der Waals surface area contributed by atoms with E-state index in [0.717, 1.165) is 50.5 Å². The number of aliphatic carboxylic acids is 1. The predicted molar refractivity (Wildman–Crippen MR) is 123 cm³/mol. The zero-order valence-corrected chi connectivity index (χ0v) is 18.2. The number of rotatable bonds is 9. The number of carbonyl (C=O) groups is 2. The molecule has 0 aromatic heterocycles. The van der Waals surface area contributed by atoms with Crippen molar-refractivity contribution in [1.29, 1.82) is 0 Å². The van der Waals surface area contributed by atoms with E-state index in [4.69, 9.17) is 12.6 Å². The molecule has 2 atom stereocenters. The first-order valence-corrected chi connectivity index (χ1v) is 11.3. The Hall–Kier alpha value is -2.27. The molecule has 0 radical (unpaired) electrons. The van der Waals surface area contributed by atoms with E-state index in [-0.39, 0.29) is 17.6 Å². The van der Waals surface area contributed by atoms with Gasteiger partial charge < -0.3 is 10.4 Å². The Balaban J connectivity index is 1.72. The van der Waals surface area contributed by atoms with Crippen LogP contribution in [0.1, 0.15) is 49.7 Å². The van der Waals surface area contributed by atoms with Crippen molar-refractivity contribution in [3.8, 4) is 0 Å². The summed E-state index contributed by atoms with van der Waals surface area (Å²) in [5.74, 6) is -1.16. The zero-order chi connectivity index (χ0) is 21.4. The second kappa shape index (κ2) is 10.7. The van der Waals surface area contributed by atoms with Crippen molar-refractivity contribution in [2.24, 2.45) is 5.41 Å². The van der Waals surface area contributed by atoms with E-state index in [2.05, 4.69) is 17.4 Å². The number of carboxylic acids is 1. The molecule has 0 saturated heterocycles. The first-order chi connectivity index (χ1) is 14.5. The monoisotopic (exact) mass is 425 g/mol. The van der Waals surface area contributed by atoms with E-state index in [1.54, 1.807) is 0 Å². The predicted octanol–water partition coefficient (Wildman–Crippen LogP) is 4.68. The molecular formula is C25H31NO3S. The maximum Gasteiger partial charge on any atom is 0.326 e. The molecule has 160 valence electrons. The fourth-order valence-corrected chi connectivity index (χ4v) is 4.98. The first-order valence-electron chi connectivity index (χ1n) is 10.8. The Morgan fingerprint density at radius 3 is 2.07 bits per heavy atom. The summed E-state index contributed by atoms with van der Waals surface area (Å²) in [5, 5.41) is 12.5. The van der Waals surface area contributed by atoms with Crippen LogP contribution in [-0.4, -0.2) is 28.3 Å². The van der Waals surface area contributed by atoms with Crippen LogP contribution < -0.4 is 5.32 Å². The van der Waals surface area contributed by atoms with Crippen LogP contribution in [0.2, 0.25) is 0 Å². The Morgan fingerprint density at radius 1 is 0.933 bits per heavy atom. The van der Waals surface area contributed by atoms with Crippen molar-refractivity contribution < 1.29 is 14.7 Å². The van der Waals surface area contributed by atoms with E-state index < -0.39 is 17.4 Å². The highest BCUT2D eigenvalue weighted by molar-refractivity contribution is 7.81. The molecule has 0 aliphatic heterocycles. The van der Waals surface area contributed by atoms with Gasteiger partial charge in [-0.25, -0.2) is 4.79 Å². The Morgan fingerprint density at radius 2 is 1.50 bits per heavy atom. The fraction of sp³-hybridized carbons (Fsp3) is 0.440. The number of nitrogens with one attached hydrogen (secondary N) is 1. The number of amides is 1. The third-order valence-corrected chi connectivity index (χ3v) is 7.02. The molecule has 2 N–H and O–H groups in total. The van der Waals surface area contributed by atoms with Gasteiger partial charge in [0.15, 0.2) is 0 Å². The summed E-state index contributed by atoms with van der Waals surface area (Å²) in [6.07, 6.45) is 6.52. The van der Waals surface area contributed by atoms with Crippen LogP contribution >= 0.6 is 12.6 Å². The van der Waals surface area contributed by atoms with Crippen LogP contribution in [0.5, 0.6) is 0 Å². The molecule has 1 fully saturated rings. The van der Waals surface area contributed by atoms with Crippen LogP contribution in [0, 0.1) is 5.41 Å². The molecule has 1 saturated carbocycles. The molecule has 30 heavy (non-hydrogen) atoms. The fourth-order valence-electron chi connectivity index (χ4n) is 4.47. The van der Waals surface area contributed by atoms with Gasteiger partial charge >= 0.3 is 5.97 Å². The molecule has 1 amide bonds. The van der Waals surface area contributed by atoms with Crippen LogP contribution in [-0.2, 0) is 22.4 Å². The van der Waals surface area contributed by atoms with Crippen LogP contribution in [0.3, 0.4) is 0 Å². The summed E-state index contributed by atoms with van der Waals surface area (Å²) in [7, 11) is 0. The highest BCUT2D eigenvalue weighted by Gasteiger charge is 2.45. The average Bonchev–Trinajstić information content (AvgIpc) is 2.78. The maximum absolute atomic E-state index is 13.5. The minimum atomic E-state index is -1.00. The highest BCUT2D eigenvalue weighted by atomic mass is 32.1. The summed E-state index contributed by atoms with van der Waals surface area (Å²) < 4.78 is 0. The summed E-state index contributed by atoms with van der Waals surface area (Å²) in [6.45, 7) is 0. The van der Waals surface area contributed by atoms with Gasteiger partial charge in [-0.3, -0.25) is 4.79 Å². The molecule has 1 unspecified atom stereocenters. The Bertz CT molecular complexity index is 819. The van der Waals surface area contributed by atoms with Crippen molar-refractivity contribution in [1.82, 2.24) is 5.32 Å². The smallest absolute Gasteiger partial charge is 0.326 e. The number of hydrogen-bond acceptors (Lipinski definition) is 3. The average molecular weight is 426 g/mol. The lowest BCUT2D eigenvalue weighted by Crippen LogP contribution is -2.53. The zero-order valence-electron chi connectivity index (χ0n) is 17.3. The Kier molecular flexibility index (Phi) is 7.97. The molecule has 4 nitrogen and oxygen atoms in total. The van der Waals surface area contributed by atoms with Gasteiger partial charge in [-0.2, -0.15) is 12.6 Å². The van der Waals surface area contributed by atoms with E-state index in [1.165, 1.54) is 5.56 Å². The lowest BCUT2D eigenvalue weighted by atomic mass is 9.69. The van der Waals surface area contributed by atoms with Crippen molar-refractivity contribution in [3.05, 3.63) is 71.8 Å². The molecule has 2 aromatic rings. The van der Waals surface area contributed by atoms with Crippen LogP contribution in [0.25, 0.3) is 0 Å². The molecular weight excluding hydrogens is 394 g/mol. The number of thiol groups is 1. The summed E-state index contributed by atoms with van der Waals surface area (Å²) in [5.41, 5.74) is 1.52. The van der Waals surface area contributed by atoms with Crippen LogP contribution in [0.15, 0.2) is 60.7 Å². The first kappa shape index (κ1) is 22.4.